The van der Waals surface area contributed by atoms with Gasteiger partial charge in [0.1, 0.15) is 10.1 Å². The van der Waals surface area contributed by atoms with Crippen LogP contribution in [0.2, 0.25) is 0 Å². The van der Waals surface area contributed by atoms with Crippen LogP contribution in [0.5, 0.6) is 0 Å². The number of hydrogen-bond acceptors (Lipinski definition) is 3. The molecule has 0 aliphatic heterocycles. The lowest BCUT2D eigenvalue weighted by molar-refractivity contribution is -0.921. The highest BCUT2D eigenvalue weighted by atomic mass is 32.2. The van der Waals surface area contributed by atoms with Gasteiger partial charge in [-0.1, -0.05) is 39.0 Å². The maximum absolute atomic E-state index is 12.6. The topological polar surface area (TPSA) is 57.2 Å². The fraction of sp³-hybridized carbons (Fsp3) is 1.00. The molecular weight excluding hydrogens is 317 g/mol. The Morgan fingerprint density at radius 2 is 1.22 bits per heavy atom. The summed E-state index contributed by atoms with van der Waals surface area (Å²) in [5.74, 6) is 0. The normalized spacial score (nSPS) is 13.3. The van der Waals surface area contributed by atoms with Gasteiger partial charge in [0.05, 0.1) is 26.2 Å². The largest absolute Gasteiger partial charge is 0.746 e. The van der Waals surface area contributed by atoms with Crippen molar-refractivity contribution in [3.05, 3.63) is 0 Å². The van der Waals surface area contributed by atoms with E-state index in [9.17, 15) is 17.4 Å². The zero-order chi connectivity index (χ0) is 18.4. The Bertz CT molecular complexity index is 339. The van der Waals surface area contributed by atoms with Crippen molar-refractivity contribution < 1.29 is 21.8 Å². The van der Waals surface area contributed by atoms with Gasteiger partial charge < -0.3 is 9.04 Å². The van der Waals surface area contributed by atoms with Crippen molar-refractivity contribution in [3.8, 4) is 0 Å². The van der Waals surface area contributed by atoms with Crippen LogP contribution in [0.15, 0.2) is 0 Å². The zero-order valence-corrected chi connectivity index (χ0v) is 16.6. The minimum atomic E-state index is -4.72. The van der Waals surface area contributed by atoms with Gasteiger partial charge in [0.2, 0.25) is 0 Å². The van der Waals surface area contributed by atoms with Gasteiger partial charge in [-0.15, -0.1) is 0 Å². The van der Waals surface area contributed by atoms with Gasteiger partial charge in [-0.3, -0.25) is 0 Å². The van der Waals surface area contributed by atoms with Crippen LogP contribution in [-0.4, -0.2) is 49.1 Å². The highest BCUT2D eigenvalue weighted by Crippen LogP contribution is 2.13. The fourth-order valence-corrected chi connectivity index (χ4v) is 3.03. The Morgan fingerprint density at radius 1 is 0.826 bits per heavy atom. The van der Waals surface area contributed by atoms with E-state index in [0.29, 0.717) is 6.42 Å². The number of quaternary nitrogens is 1. The molecule has 0 rings (SSSR count). The van der Waals surface area contributed by atoms with Crippen molar-refractivity contribution in [1.29, 1.82) is 0 Å². The molecule has 0 bridgehead atoms. The molecule has 0 aliphatic rings. The quantitative estimate of drug-likeness (QED) is 0.295. The van der Waals surface area contributed by atoms with Crippen LogP contribution in [-0.2, 0) is 10.1 Å². The summed E-state index contributed by atoms with van der Waals surface area (Å²) in [6.45, 7) is 16.3. The molecule has 0 spiro atoms. The van der Waals surface area contributed by atoms with E-state index in [1.165, 1.54) is 30.7 Å². The Balaban J connectivity index is 0. The average molecular weight is 356 g/mol. The number of unbranched alkanes of at least 4 members (excludes halogenated alkanes) is 5. The van der Waals surface area contributed by atoms with E-state index in [4.69, 9.17) is 0 Å². The third-order valence-electron chi connectivity index (χ3n) is 4.78. The van der Waals surface area contributed by atoms with Gasteiger partial charge >= 0.3 is 0 Å². The zero-order valence-electron chi connectivity index (χ0n) is 15.8. The standard InChI is InChI=1S/C9H19FO3S.C8H20N/c1-2-3-4-5-6-7-8-9(10)14(11,12)13;1-5-9(6-2,7-3)8-4/h9H,2-8H2,1H3,(H,11,12,13);5-8H2,1-4H3/q;+1/p-1. The molecule has 6 heteroatoms. The Kier molecular flexibility index (Phi) is 15.4. The summed E-state index contributed by atoms with van der Waals surface area (Å²) in [6, 6.07) is 0. The lowest BCUT2D eigenvalue weighted by Gasteiger charge is -2.34. The number of halogens is 1. The number of rotatable bonds is 12. The van der Waals surface area contributed by atoms with Crippen LogP contribution in [0.3, 0.4) is 0 Å². The molecule has 1 unspecified atom stereocenters. The summed E-state index contributed by atoms with van der Waals surface area (Å²) in [5.41, 5.74) is -2.21. The number of hydrogen-bond donors (Lipinski definition) is 0. The summed E-state index contributed by atoms with van der Waals surface area (Å²) in [6.07, 6.45) is 5.50. The predicted octanol–water partition coefficient (Wildman–Crippen LogP) is 4.46. The second kappa shape index (κ2) is 14.2. The van der Waals surface area contributed by atoms with E-state index >= 15 is 0 Å². The van der Waals surface area contributed by atoms with Gasteiger partial charge in [-0.05, 0) is 40.5 Å². The first-order valence-electron chi connectivity index (χ1n) is 9.16. The van der Waals surface area contributed by atoms with Crippen molar-refractivity contribution in [3.63, 3.8) is 0 Å². The van der Waals surface area contributed by atoms with Crippen LogP contribution < -0.4 is 0 Å². The Hall–Kier alpha value is -0.200. The molecule has 0 aromatic rings. The van der Waals surface area contributed by atoms with E-state index in [2.05, 4.69) is 34.6 Å². The monoisotopic (exact) mass is 355 g/mol. The molecule has 1 atom stereocenters. The summed E-state index contributed by atoms with van der Waals surface area (Å²) in [5, 5.41) is 0. The van der Waals surface area contributed by atoms with Crippen molar-refractivity contribution in [2.45, 2.75) is 85.1 Å². The third-order valence-corrected chi connectivity index (χ3v) is 5.64. The third kappa shape index (κ3) is 12.8. The second-order valence-corrected chi connectivity index (χ2v) is 7.56. The molecule has 0 aromatic carbocycles. The molecule has 0 saturated heterocycles. The SMILES string of the molecule is CCCCCCCCC(F)S(=O)(=O)[O-].CC[N+](CC)(CC)CC. The van der Waals surface area contributed by atoms with Crippen LogP contribution in [0.1, 0.15) is 79.6 Å². The van der Waals surface area contributed by atoms with E-state index in [1.54, 1.807) is 0 Å². The molecule has 142 valence electrons. The number of nitrogens with zero attached hydrogens (tertiary/aromatic N) is 1. The first-order chi connectivity index (χ1) is 10.7. The molecule has 0 N–H and O–H groups in total. The van der Waals surface area contributed by atoms with E-state index in [1.807, 2.05) is 0 Å². The lowest BCUT2D eigenvalue weighted by atomic mass is 10.1. The lowest BCUT2D eigenvalue weighted by Crippen LogP contribution is -2.47. The summed E-state index contributed by atoms with van der Waals surface area (Å²) in [4.78, 5) is 0. The minimum absolute atomic E-state index is 0.155. The summed E-state index contributed by atoms with van der Waals surface area (Å²) in [7, 11) is -4.72. The summed E-state index contributed by atoms with van der Waals surface area (Å²) < 4.78 is 44.4. The molecule has 0 radical (unpaired) electrons. The first kappa shape index (κ1) is 25.0. The maximum Gasteiger partial charge on any atom is 0.189 e. The van der Waals surface area contributed by atoms with Gasteiger partial charge in [0.25, 0.3) is 0 Å². The molecule has 4 nitrogen and oxygen atoms in total. The van der Waals surface area contributed by atoms with Gasteiger partial charge in [0, 0.05) is 0 Å². The highest BCUT2D eigenvalue weighted by molar-refractivity contribution is 7.86. The van der Waals surface area contributed by atoms with Crippen molar-refractivity contribution >= 4 is 10.1 Å². The second-order valence-electron chi connectivity index (χ2n) is 6.07. The maximum atomic E-state index is 12.6. The van der Waals surface area contributed by atoms with Gasteiger partial charge in [-0.2, -0.15) is 0 Å². The van der Waals surface area contributed by atoms with E-state index in [0.717, 1.165) is 32.1 Å². The highest BCUT2D eigenvalue weighted by Gasteiger charge is 2.16. The Labute approximate surface area is 143 Å². The number of alkyl halides is 1. The molecular formula is C17H38FNO3S. The molecule has 0 aromatic heterocycles. The molecule has 23 heavy (non-hydrogen) atoms. The van der Waals surface area contributed by atoms with E-state index < -0.39 is 15.6 Å². The molecule has 0 amide bonds. The Morgan fingerprint density at radius 3 is 1.52 bits per heavy atom. The minimum Gasteiger partial charge on any atom is -0.746 e. The van der Waals surface area contributed by atoms with E-state index in [-0.39, 0.29) is 6.42 Å². The van der Waals surface area contributed by atoms with Crippen molar-refractivity contribution in [2.75, 3.05) is 26.2 Å². The van der Waals surface area contributed by atoms with Gasteiger partial charge in [0.15, 0.2) is 5.50 Å². The van der Waals surface area contributed by atoms with Crippen LogP contribution in [0.4, 0.5) is 4.39 Å². The van der Waals surface area contributed by atoms with Crippen molar-refractivity contribution in [1.82, 2.24) is 0 Å². The molecule has 0 saturated carbocycles. The summed E-state index contributed by atoms with van der Waals surface area (Å²) >= 11 is 0. The average Bonchev–Trinajstić information content (AvgIpc) is 2.53. The van der Waals surface area contributed by atoms with Crippen LogP contribution in [0.25, 0.3) is 0 Å². The van der Waals surface area contributed by atoms with Crippen LogP contribution >= 0.6 is 0 Å². The van der Waals surface area contributed by atoms with Gasteiger partial charge in [-0.25, -0.2) is 12.8 Å². The fourth-order valence-electron chi connectivity index (χ4n) is 2.57. The van der Waals surface area contributed by atoms with Crippen molar-refractivity contribution in [2.24, 2.45) is 0 Å². The smallest absolute Gasteiger partial charge is 0.189 e. The predicted molar refractivity (Wildman–Crippen MR) is 95.0 cm³/mol. The van der Waals surface area contributed by atoms with Crippen LogP contribution in [0, 0.1) is 0 Å². The first-order valence-corrected chi connectivity index (χ1v) is 10.6. The molecule has 0 fully saturated rings. The molecule has 0 aliphatic carbocycles. The molecule has 0 heterocycles.